The molecule has 0 unspecified atom stereocenters. The second-order valence-corrected chi connectivity index (χ2v) is 7.40. The number of carbonyl (C=O) groups excluding carboxylic acids is 2. The highest BCUT2D eigenvalue weighted by molar-refractivity contribution is 7.16. The van der Waals surface area contributed by atoms with Crippen molar-refractivity contribution in [3.8, 4) is 5.69 Å². The van der Waals surface area contributed by atoms with Gasteiger partial charge in [-0.25, -0.2) is 9.78 Å². The van der Waals surface area contributed by atoms with E-state index in [0.717, 1.165) is 21.6 Å². The highest BCUT2D eigenvalue weighted by atomic mass is 32.1. The topological polar surface area (TPSA) is 116 Å². The first-order valence-corrected chi connectivity index (χ1v) is 10.2. The van der Waals surface area contributed by atoms with Crippen LogP contribution in [-0.2, 0) is 4.74 Å². The maximum Gasteiger partial charge on any atom is 0.359 e. The molecule has 0 aliphatic heterocycles. The van der Waals surface area contributed by atoms with E-state index in [2.05, 4.69) is 20.4 Å². The minimum atomic E-state index is -0.655. The first kappa shape index (κ1) is 20.4. The number of thiophene rings is 1. The van der Waals surface area contributed by atoms with Gasteiger partial charge in [0.15, 0.2) is 5.69 Å². The number of nitrogens with one attached hydrogen (secondary N) is 1. The average molecular weight is 435 g/mol. The summed E-state index contributed by atoms with van der Waals surface area (Å²) >= 11 is 1.11. The molecule has 0 atom stereocenters. The molecule has 9 nitrogen and oxygen atoms in total. The fraction of sp³-hybridized carbons (Fsp3) is 0.143. The van der Waals surface area contributed by atoms with Crippen molar-refractivity contribution in [2.75, 3.05) is 11.9 Å². The molecule has 0 radical (unpaired) electrons. The lowest BCUT2D eigenvalue weighted by molar-refractivity contribution is 0.0520. The fourth-order valence-electron chi connectivity index (χ4n) is 2.94. The molecule has 0 aliphatic rings. The molecule has 0 spiro atoms. The van der Waals surface area contributed by atoms with E-state index < -0.39 is 17.4 Å². The van der Waals surface area contributed by atoms with E-state index in [4.69, 9.17) is 4.74 Å². The molecule has 0 saturated heterocycles. The Labute approximate surface area is 180 Å². The third-order valence-electron chi connectivity index (χ3n) is 4.42. The minimum absolute atomic E-state index is 0.00623. The molecule has 1 amide bonds. The number of carbonyl (C=O) groups is 2. The van der Waals surface area contributed by atoms with Crippen molar-refractivity contribution in [1.29, 1.82) is 0 Å². The Kier molecular flexibility index (Phi) is 5.54. The molecule has 3 aromatic heterocycles. The Hall–Kier alpha value is -3.92. The largest absolute Gasteiger partial charge is 0.461 e. The Bertz CT molecular complexity index is 1330. The van der Waals surface area contributed by atoms with E-state index in [0.29, 0.717) is 11.1 Å². The molecule has 1 N–H and O–H groups in total. The van der Waals surface area contributed by atoms with Crippen molar-refractivity contribution in [1.82, 2.24) is 19.7 Å². The minimum Gasteiger partial charge on any atom is -0.461 e. The van der Waals surface area contributed by atoms with E-state index in [1.165, 1.54) is 18.6 Å². The second-order valence-electron chi connectivity index (χ2n) is 6.52. The SMILES string of the molecule is CCOC(=O)c1nn(-c2ccc(C)cc2)c(=O)c2c(NC(=O)c3cnccn3)scc12. The second kappa shape index (κ2) is 8.44. The Balaban J connectivity index is 1.89. The summed E-state index contributed by atoms with van der Waals surface area (Å²) < 4.78 is 6.27. The molecule has 0 fully saturated rings. The average Bonchev–Trinajstić information content (AvgIpc) is 3.19. The van der Waals surface area contributed by atoms with Crippen LogP contribution in [0.5, 0.6) is 0 Å². The van der Waals surface area contributed by atoms with E-state index >= 15 is 0 Å². The van der Waals surface area contributed by atoms with Gasteiger partial charge in [-0.1, -0.05) is 17.7 Å². The van der Waals surface area contributed by atoms with Gasteiger partial charge in [-0.15, -0.1) is 11.3 Å². The summed E-state index contributed by atoms with van der Waals surface area (Å²) in [6.07, 6.45) is 4.17. The van der Waals surface area contributed by atoms with Gasteiger partial charge in [0.2, 0.25) is 0 Å². The van der Waals surface area contributed by atoms with Crippen molar-refractivity contribution >= 4 is 39.0 Å². The van der Waals surface area contributed by atoms with E-state index in [1.807, 2.05) is 19.1 Å². The summed E-state index contributed by atoms with van der Waals surface area (Å²) in [6, 6.07) is 7.13. The lowest BCUT2D eigenvalue weighted by atomic mass is 10.2. The van der Waals surface area contributed by atoms with Crippen LogP contribution < -0.4 is 10.9 Å². The van der Waals surface area contributed by atoms with Gasteiger partial charge >= 0.3 is 5.97 Å². The van der Waals surface area contributed by atoms with Crippen LogP contribution in [0.4, 0.5) is 5.00 Å². The molecule has 4 rings (SSSR count). The zero-order valence-corrected chi connectivity index (χ0v) is 17.5. The lowest BCUT2D eigenvalue weighted by Crippen LogP contribution is -2.25. The number of ether oxygens (including phenoxy) is 1. The molecule has 1 aromatic carbocycles. The molecule has 4 aromatic rings. The number of aromatic nitrogens is 4. The van der Waals surface area contributed by atoms with Crippen LogP contribution >= 0.6 is 11.3 Å². The van der Waals surface area contributed by atoms with E-state index in [1.54, 1.807) is 24.4 Å². The fourth-order valence-corrected chi connectivity index (χ4v) is 3.87. The van der Waals surface area contributed by atoms with Crippen molar-refractivity contribution in [3.63, 3.8) is 0 Å². The highest BCUT2D eigenvalue weighted by Gasteiger charge is 2.23. The number of fused-ring (bicyclic) bond motifs is 1. The lowest BCUT2D eigenvalue weighted by Gasteiger charge is -2.10. The number of esters is 1. The predicted molar refractivity (Wildman–Crippen MR) is 116 cm³/mol. The Morgan fingerprint density at radius 3 is 2.65 bits per heavy atom. The summed E-state index contributed by atoms with van der Waals surface area (Å²) in [4.78, 5) is 46.3. The zero-order chi connectivity index (χ0) is 22.0. The number of aryl methyl sites for hydroxylation is 1. The molecule has 31 heavy (non-hydrogen) atoms. The number of anilines is 1. The number of hydrogen-bond acceptors (Lipinski definition) is 8. The molecular formula is C21H17N5O4S. The van der Waals surface area contributed by atoms with Crippen LogP contribution in [-0.4, -0.2) is 38.2 Å². The first-order chi connectivity index (χ1) is 15.0. The monoisotopic (exact) mass is 435 g/mol. The quantitative estimate of drug-likeness (QED) is 0.479. The Morgan fingerprint density at radius 2 is 1.97 bits per heavy atom. The number of hydrogen-bond donors (Lipinski definition) is 1. The first-order valence-electron chi connectivity index (χ1n) is 9.35. The smallest absolute Gasteiger partial charge is 0.359 e. The number of nitrogens with zero attached hydrogens (tertiary/aromatic N) is 4. The van der Waals surface area contributed by atoms with Gasteiger partial charge in [-0.05, 0) is 26.0 Å². The maximum atomic E-state index is 13.3. The van der Waals surface area contributed by atoms with Crippen molar-refractivity contribution in [2.24, 2.45) is 0 Å². The number of rotatable bonds is 5. The normalized spacial score (nSPS) is 10.8. The molecule has 0 aliphatic carbocycles. The van der Waals surface area contributed by atoms with Crippen molar-refractivity contribution in [3.05, 3.63) is 75.5 Å². The molecular weight excluding hydrogens is 418 g/mol. The standard InChI is InChI=1S/C21H17N5O4S/c1-3-30-21(29)17-14-11-31-19(24-18(27)15-10-22-8-9-23-15)16(14)20(28)26(25-17)13-6-4-12(2)5-7-13/h4-11H,3H2,1-2H3,(H,24,27). The van der Waals surface area contributed by atoms with Gasteiger partial charge in [-0.3, -0.25) is 14.6 Å². The van der Waals surface area contributed by atoms with E-state index in [9.17, 15) is 14.4 Å². The van der Waals surface area contributed by atoms with Crippen LogP contribution in [0, 0.1) is 6.92 Å². The summed E-state index contributed by atoms with van der Waals surface area (Å²) in [5, 5.41) is 9.32. The van der Waals surface area contributed by atoms with Gasteiger partial charge < -0.3 is 10.1 Å². The van der Waals surface area contributed by atoms with Crippen molar-refractivity contribution in [2.45, 2.75) is 13.8 Å². The van der Waals surface area contributed by atoms with Gasteiger partial charge in [0.1, 0.15) is 10.7 Å². The number of amides is 1. The third-order valence-corrected chi connectivity index (χ3v) is 5.32. The van der Waals surface area contributed by atoms with Crippen LogP contribution in [0.2, 0.25) is 0 Å². The summed E-state index contributed by atoms with van der Waals surface area (Å²) in [5.41, 5.74) is 1.12. The zero-order valence-electron chi connectivity index (χ0n) is 16.7. The van der Waals surface area contributed by atoms with Gasteiger partial charge in [0.25, 0.3) is 11.5 Å². The van der Waals surface area contributed by atoms with Gasteiger partial charge in [0, 0.05) is 23.2 Å². The summed E-state index contributed by atoms with van der Waals surface area (Å²) in [6.45, 7) is 3.77. The van der Waals surface area contributed by atoms with Crippen LogP contribution in [0.1, 0.15) is 33.5 Å². The molecule has 0 saturated carbocycles. The molecule has 156 valence electrons. The predicted octanol–water partition coefficient (Wildman–Crippen LogP) is 2.97. The van der Waals surface area contributed by atoms with Crippen LogP contribution in [0.3, 0.4) is 0 Å². The van der Waals surface area contributed by atoms with Crippen molar-refractivity contribution < 1.29 is 14.3 Å². The Morgan fingerprint density at radius 1 is 1.19 bits per heavy atom. The maximum absolute atomic E-state index is 13.3. The summed E-state index contributed by atoms with van der Waals surface area (Å²) in [7, 11) is 0. The molecule has 0 bridgehead atoms. The van der Waals surface area contributed by atoms with Gasteiger partial charge in [-0.2, -0.15) is 9.78 Å². The van der Waals surface area contributed by atoms with Crippen LogP contribution in [0.15, 0.2) is 53.0 Å². The van der Waals surface area contributed by atoms with Crippen LogP contribution in [0.25, 0.3) is 16.5 Å². The number of benzene rings is 1. The highest BCUT2D eigenvalue weighted by Crippen LogP contribution is 2.31. The molecule has 10 heteroatoms. The molecule has 3 heterocycles. The van der Waals surface area contributed by atoms with E-state index in [-0.39, 0.29) is 28.4 Å². The van der Waals surface area contributed by atoms with Gasteiger partial charge in [0.05, 0.1) is 23.9 Å². The summed E-state index contributed by atoms with van der Waals surface area (Å²) in [5.74, 6) is -1.18. The third kappa shape index (κ3) is 3.92.